The highest BCUT2D eigenvalue weighted by Gasteiger charge is 2.45. The van der Waals surface area contributed by atoms with E-state index in [4.69, 9.17) is 19.2 Å². The molecule has 2 aliphatic rings. The number of hydrogen-bond acceptors (Lipinski definition) is 7. The van der Waals surface area contributed by atoms with Crippen LogP contribution < -0.4 is 4.90 Å². The van der Waals surface area contributed by atoms with Crippen molar-refractivity contribution in [2.24, 2.45) is 0 Å². The smallest absolute Gasteiger partial charge is 0.410 e. The molecule has 2 saturated heterocycles. The molecule has 2 unspecified atom stereocenters. The molecule has 0 aliphatic carbocycles. The third kappa shape index (κ3) is 9.03. The molecule has 0 saturated carbocycles. The second-order valence-electron chi connectivity index (χ2n) is 15.4. The molecular formula is C30H52BrN5O4Si2. The summed E-state index contributed by atoms with van der Waals surface area (Å²) in [5, 5.41) is 4.67. The van der Waals surface area contributed by atoms with Gasteiger partial charge < -0.3 is 24.0 Å². The maximum Gasteiger partial charge on any atom is 0.410 e. The molecule has 9 nitrogen and oxygen atoms in total. The van der Waals surface area contributed by atoms with E-state index in [1.54, 1.807) is 6.20 Å². The Balaban J connectivity index is 1.58. The highest BCUT2D eigenvalue weighted by atomic mass is 79.9. The Labute approximate surface area is 262 Å². The molecule has 2 fully saturated rings. The first-order chi connectivity index (χ1) is 19.5. The van der Waals surface area contributed by atoms with Crippen LogP contribution in [0.5, 0.6) is 0 Å². The summed E-state index contributed by atoms with van der Waals surface area (Å²) in [5.74, 6) is 1.16. The molecule has 1 amide bonds. The summed E-state index contributed by atoms with van der Waals surface area (Å²) in [6, 6.07) is 4.73. The number of carbonyl (C=O) groups is 1. The molecule has 2 atom stereocenters. The first kappa shape index (κ1) is 33.4. The number of aromatic nitrogens is 3. The van der Waals surface area contributed by atoms with Crippen molar-refractivity contribution in [2.75, 3.05) is 31.6 Å². The predicted octanol–water partition coefficient (Wildman–Crippen LogP) is 7.57. The molecule has 2 bridgehead atoms. The molecule has 12 heteroatoms. The average molecular weight is 683 g/mol. The lowest BCUT2D eigenvalue weighted by Crippen LogP contribution is -2.48. The highest BCUT2D eigenvalue weighted by molar-refractivity contribution is 9.10. The number of rotatable bonds is 12. The van der Waals surface area contributed by atoms with Gasteiger partial charge >= 0.3 is 6.09 Å². The molecule has 0 radical (unpaired) electrons. The molecular weight excluding hydrogens is 630 g/mol. The first-order valence-electron chi connectivity index (χ1n) is 15.5. The maximum atomic E-state index is 13.1. The normalized spacial score (nSPS) is 21.3. The van der Waals surface area contributed by atoms with E-state index in [-0.39, 0.29) is 24.1 Å². The second-order valence-corrected chi connectivity index (χ2v) is 27.5. The van der Waals surface area contributed by atoms with Gasteiger partial charge in [-0.2, -0.15) is 9.61 Å². The van der Waals surface area contributed by atoms with Gasteiger partial charge in [0.05, 0.1) is 10.7 Å². The quantitative estimate of drug-likeness (QED) is 0.130. The van der Waals surface area contributed by atoms with Gasteiger partial charge in [0.25, 0.3) is 0 Å². The van der Waals surface area contributed by atoms with Crippen molar-refractivity contribution < 1.29 is 19.0 Å². The summed E-state index contributed by atoms with van der Waals surface area (Å²) in [4.78, 5) is 22.3. The summed E-state index contributed by atoms with van der Waals surface area (Å²) in [6.07, 6.45) is 5.39. The van der Waals surface area contributed by atoms with Crippen LogP contribution in [0.15, 0.2) is 16.7 Å². The molecule has 2 aliphatic heterocycles. The fourth-order valence-corrected chi connectivity index (χ4v) is 7.54. The van der Waals surface area contributed by atoms with Gasteiger partial charge in [-0.1, -0.05) is 39.3 Å². The number of hydrogen-bond donors (Lipinski definition) is 0. The van der Waals surface area contributed by atoms with Crippen molar-refractivity contribution in [3.8, 4) is 0 Å². The number of carbonyl (C=O) groups excluding carboxylic acids is 1. The molecule has 4 heterocycles. The van der Waals surface area contributed by atoms with Gasteiger partial charge in [0.1, 0.15) is 24.9 Å². The van der Waals surface area contributed by atoms with E-state index >= 15 is 0 Å². The van der Waals surface area contributed by atoms with Crippen LogP contribution in [-0.4, -0.2) is 86.1 Å². The van der Waals surface area contributed by atoms with Crippen LogP contribution in [0, 0.1) is 0 Å². The summed E-state index contributed by atoms with van der Waals surface area (Å²) >= 11 is 3.69. The minimum absolute atomic E-state index is 0.171. The Morgan fingerprint density at radius 1 is 1.00 bits per heavy atom. The number of fused-ring (bicyclic) bond motifs is 3. The minimum Gasteiger partial charge on any atom is -0.444 e. The summed E-state index contributed by atoms with van der Waals surface area (Å²) < 4.78 is 21.0. The molecule has 0 spiro atoms. The number of piperidine rings is 1. The van der Waals surface area contributed by atoms with Crippen LogP contribution in [0.3, 0.4) is 0 Å². The first-order valence-corrected chi connectivity index (χ1v) is 23.7. The Bertz CT molecular complexity index is 1190. The van der Waals surface area contributed by atoms with E-state index in [9.17, 15) is 4.79 Å². The number of anilines is 1. The number of amides is 1. The van der Waals surface area contributed by atoms with Crippen molar-refractivity contribution in [2.45, 2.75) is 121 Å². The number of ether oxygens (including phenoxy) is 3. The summed E-state index contributed by atoms with van der Waals surface area (Å²) in [6.45, 7) is 22.3. The minimum atomic E-state index is -1.21. The van der Waals surface area contributed by atoms with E-state index in [1.165, 1.54) is 0 Å². The van der Waals surface area contributed by atoms with Crippen LogP contribution in [0.2, 0.25) is 51.4 Å². The largest absolute Gasteiger partial charge is 0.444 e. The van der Waals surface area contributed by atoms with Gasteiger partial charge in [0.15, 0.2) is 5.65 Å². The van der Waals surface area contributed by atoms with Crippen LogP contribution in [0.1, 0.15) is 58.1 Å². The van der Waals surface area contributed by atoms with E-state index in [0.717, 1.165) is 72.6 Å². The van der Waals surface area contributed by atoms with Gasteiger partial charge in [-0.3, -0.25) is 0 Å². The third-order valence-corrected chi connectivity index (χ3v) is 12.0. The van der Waals surface area contributed by atoms with Crippen LogP contribution >= 0.6 is 15.9 Å². The van der Waals surface area contributed by atoms with E-state index in [1.807, 2.05) is 30.2 Å². The molecule has 2 aromatic rings. The van der Waals surface area contributed by atoms with Gasteiger partial charge in [-0.05, 0) is 74.5 Å². The summed E-state index contributed by atoms with van der Waals surface area (Å²) in [5.41, 5.74) is 1.33. The van der Waals surface area contributed by atoms with Gasteiger partial charge in [0, 0.05) is 59.1 Å². The number of nitrogens with zero attached hydrogens (tertiary/aromatic N) is 5. The second kappa shape index (κ2) is 13.3. The topological polar surface area (TPSA) is 81.4 Å². The lowest BCUT2D eigenvalue weighted by molar-refractivity contribution is 0.00569. The zero-order valence-corrected chi connectivity index (χ0v) is 30.8. The standard InChI is InChI=1S/C30H52BrN5O4Si2/c1-30(2,3)40-29(37)35-23-10-11-24(35)17-22(16-23)26-18-27(36-28(33-26)25(31)19-32-36)34(20-38-12-14-41(4,5)6)21-39-13-15-42(7,8)9/h18-19,22-24H,10-17,20-21H2,1-9H3. The lowest BCUT2D eigenvalue weighted by Gasteiger charge is -2.39. The molecule has 0 N–H and O–H groups in total. The Hall–Kier alpha value is -1.48. The molecule has 4 rings (SSSR count). The van der Waals surface area contributed by atoms with Gasteiger partial charge in [0.2, 0.25) is 0 Å². The third-order valence-electron chi connectivity index (χ3n) is 8.00. The van der Waals surface area contributed by atoms with E-state index < -0.39 is 21.7 Å². The zero-order chi connectivity index (χ0) is 30.9. The van der Waals surface area contributed by atoms with Crippen molar-refractivity contribution in [3.05, 3.63) is 22.4 Å². The Morgan fingerprint density at radius 2 is 1.55 bits per heavy atom. The summed E-state index contributed by atoms with van der Waals surface area (Å²) in [7, 11) is -2.42. The van der Waals surface area contributed by atoms with E-state index in [2.05, 4.69) is 71.3 Å². The highest BCUT2D eigenvalue weighted by Crippen LogP contribution is 2.44. The average Bonchev–Trinajstić information content (AvgIpc) is 3.36. The number of halogens is 1. The maximum absolute atomic E-state index is 13.1. The monoisotopic (exact) mass is 681 g/mol. The molecule has 0 aromatic carbocycles. The molecule has 2 aromatic heterocycles. The van der Waals surface area contributed by atoms with Crippen molar-refractivity contribution in [1.29, 1.82) is 0 Å². The Morgan fingerprint density at radius 3 is 2.05 bits per heavy atom. The lowest BCUT2D eigenvalue weighted by atomic mass is 9.88. The van der Waals surface area contributed by atoms with Crippen molar-refractivity contribution in [1.82, 2.24) is 19.5 Å². The van der Waals surface area contributed by atoms with Crippen LogP contribution in [-0.2, 0) is 14.2 Å². The van der Waals surface area contributed by atoms with Gasteiger partial charge in [-0.25, -0.2) is 9.78 Å². The molecule has 42 heavy (non-hydrogen) atoms. The fraction of sp³-hybridized carbons (Fsp3) is 0.767. The van der Waals surface area contributed by atoms with Crippen molar-refractivity contribution >= 4 is 49.6 Å². The SMILES string of the molecule is CC(C)(C)OC(=O)N1C2CCC1CC(c1cc(N(COCC[Si](C)(C)C)COCC[Si](C)(C)C)n3ncc(Br)c3n1)C2. The zero-order valence-electron chi connectivity index (χ0n) is 27.2. The van der Waals surface area contributed by atoms with Crippen LogP contribution in [0.4, 0.5) is 10.6 Å². The predicted molar refractivity (Wildman–Crippen MR) is 178 cm³/mol. The van der Waals surface area contributed by atoms with Gasteiger partial charge in [-0.15, -0.1) is 0 Å². The molecule has 236 valence electrons. The Kier molecular flexibility index (Phi) is 10.5. The van der Waals surface area contributed by atoms with Crippen molar-refractivity contribution in [3.63, 3.8) is 0 Å². The fourth-order valence-electron chi connectivity index (χ4n) is 5.68. The van der Waals surface area contributed by atoms with E-state index in [0.29, 0.717) is 13.5 Å². The van der Waals surface area contributed by atoms with Crippen LogP contribution in [0.25, 0.3) is 5.65 Å².